The largest absolute Gasteiger partial charge is 0.466 e. The van der Waals surface area contributed by atoms with E-state index in [1.807, 2.05) is 49.4 Å². The average Bonchev–Trinajstić information content (AvgIpc) is 2.79. The third-order valence-corrected chi connectivity index (χ3v) is 5.89. The van der Waals surface area contributed by atoms with Crippen molar-refractivity contribution in [1.82, 2.24) is 0 Å². The summed E-state index contributed by atoms with van der Waals surface area (Å²) in [5, 5.41) is 0.447. The number of hydrogen-bond donors (Lipinski definition) is 0. The molecule has 1 atom stereocenters. The predicted molar refractivity (Wildman–Crippen MR) is 136 cm³/mol. The van der Waals surface area contributed by atoms with Crippen LogP contribution in [0.2, 0.25) is 5.02 Å². The van der Waals surface area contributed by atoms with Crippen LogP contribution in [0.3, 0.4) is 0 Å². The molecule has 0 radical (unpaired) electrons. The van der Waals surface area contributed by atoms with E-state index in [4.69, 9.17) is 21.1 Å². The van der Waals surface area contributed by atoms with E-state index in [9.17, 15) is 9.59 Å². The van der Waals surface area contributed by atoms with E-state index in [2.05, 4.69) is 20.8 Å². The van der Waals surface area contributed by atoms with Crippen molar-refractivity contribution in [2.45, 2.75) is 52.4 Å². The van der Waals surface area contributed by atoms with E-state index in [-0.39, 0.29) is 18.0 Å². The summed E-state index contributed by atoms with van der Waals surface area (Å²) < 4.78 is 11.4. The number of rotatable bonds is 7. The lowest BCUT2D eigenvalue weighted by atomic mass is 9.81. The van der Waals surface area contributed by atoms with Gasteiger partial charge in [-0.15, -0.1) is 0 Å². The SMILES string of the molecule is CCOC(=O)C(Cc1ccccc1)c1cc(C(C)(C)C)cc(C)c1OC(=O)c1cccc(Cl)c1. The van der Waals surface area contributed by atoms with Gasteiger partial charge in [-0.1, -0.05) is 80.9 Å². The van der Waals surface area contributed by atoms with Crippen LogP contribution in [0.15, 0.2) is 66.7 Å². The monoisotopic (exact) mass is 478 g/mol. The molecule has 1 unspecified atom stereocenters. The van der Waals surface area contributed by atoms with Crippen molar-refractivity contribution in [2.24, 2.45) is 0 Å². The van der Waals surface area contributed by atoms with Crippen molar-refractivity contribution in [1.29, 1.82) is 0 Å². The first kappa shape index (κ1) is 25.5. The summed E-state index contributed by atoms with van der Waals surface area (Å²) in [5.41, 5.74) is 3.63. The Balaban J connectivity index is 2.14. The Labute approximate surface area is 206 Å². The van der Waals surface area contributed by atoms with Gasteiger partial charge in [0.25, 0.3) is 0 Å². The number of carbonyl (C=O) groups excluding carboxylic acids is 2. The van der Waals surface area contributed by atoms with Gasteiger partial charge >= 0.3 is 11.9 Å². The zero-order valence-corrected chi connectivity index (χ0v) is 21.1. The highest BCUT2D eigenvalue weighted by Gasteiger charge is 2.30. The van der Waals surface area contributed by atoms with Crippen LogP contribution in [0, 0.1) is 6.92 Å². The smallest absolute Gasteiger partial charge is 0.343 e. The van der Waals surface area contributed by atoms with Crippen molar-refractivity contribution in [2.75, 3.05) is 6.61 Å². The van der Waals surface area contributed by atoms with Crippen LogP contribution in [-0.4, -0.2) is 18.5 Å². The molecule has 3 aromatic carbocycles. The highest BCUT2D eigenvalue weighted by molar-refractivity contribution is 6.30. The van der Waals surface area contributed by atoms with E-state index in [0.29, 0.717) is 28.3 Å². The minimum Gasteiger partial charge on any atom is -0.466 e. The number of benzene rings is 3. The van der Waals surface area contributed by atoms with Gasteiger partial charge in [0.15, 0.2) is 0 Å². The molecular formula is C29H31ClO4. The zero-order chi connectivity index (χ0) is 24.9. The number of halogens is 1. The van der Waals surface area contributed by atoms with Gasteiger partial charge in [0, 0.05) is 10.6 Å². The first-order chi connectivity index (χ1) is 16.1. The molecule has 0 bridgehead atoms. The second-order valence-electron chi connectivity index (χ2n) is 9.36. The van der Waals surface area contributed by atoms with E-state index in [1.54, 1.807) is 31.2 Å². The molecule has 0 fully saturated rings. The summed E-state index contributed by atoms with van der Waals surface area (Å²) in [5.74, 6) is -1.13. The molecule has 5 heteroatoms. The Bertz CT molecular complexity index is 1160. The summed E-state index contributed by atoms with van der Waals surface area (Å²) in [4.78, 5) is 26.2. The van der Waals surface area contributed by atoms with Gasteiger partial charge in [0.1, 0.15) is 5.75 Å². The van der Waals surface area contributed by atoms with Gasteiger partial charge in [-0.05, 0) is 60.6 Å². The quantitative estimate of drug-likeness (QED) is 0.269. The topological polar surface area (TPSA) is 52.6 Å². The summed E-state index contributed by atoms with van der Waals surface area (Å²) in [6.07, 6.45) is 0.425. The lowest BCUT2D eigenvalue weighted by molar-refractivity contribution is -0.145. The van der Waals surface area contributed by atoms with Gasteiger partial charge in [0.2, 0.25) is 0 Å². The van der Waals surface area contributed by atoms with Crippen LogP contribution in [-0.2, 0) is 21.4 Å². The molecule has 3 aromatic rings. The fourth-order valence-electron chi connectivity index (χ4n) is 3.81. The molecule has 178 valence electrons. The fraction of sp³-hybridized carbons (Fsp3) is 0.310. The highest BCUT2D eigenvalue weighted by atomic mass is 35.5. The minimum atomic E-state index is -0.634. The summed E-state index contributed by atoms with van der Waals surface area (Å²) in [7, 11) is 0. The molecule has 0 aliphatic rings. The second-order valence-corrected chi connectivity index (χ2v) is 9.79. The molecule has 0 aliphatic carbocycles. The molecule has 0 N–H and O–H groups in total. The Morgan fingerprint density at radius 3 is 2.29 bits per heavy atom. The van der Waals surface area contributed by atoms with Crippen molar-refractivity contribution < 1.29 is 19.1 Å². The molecule has 0 heterocycles. The molecule has 0 saturated heterocycles. The molecule has 4 nitrogen and oxygen atoms in total. The van der Waals surface area contributed by atoms with Crippen molar-refractivity contribution in [3.8, 4) is 5.75 Å². The normalized spacial score (nSPS) is 12.2. The molecule has 0 aliphatic heterocycles. The zero-order valence-electron chi connectivity index (χ0n) is 20.4. The van der Waals surface area contributed by atoms with Crippen LogP contribution in [0.4, 0.5) is 0 Å². The summed E-state index contributed by atoms with van der Waals surface area (Å²) in [6.45, 7) is 10.3. The maximum Gasteiger partial charge on any atom is 0.343 e. The highest BCUT2D eigenvalue weighted by Crippen LogP contribution is 2.38. The van der Waals surface area contributed by atoms with Crippen LogP contribution in [0.5, 0.6) is 5.75 Å². The number of esters is 2. The van der Waals surface area contributed by atoms with E-state index in [1.165, 1.54) is 0 Å². The van der Waals surface area contributed by atoms with E-state index >= 15 is 0 Å². The standard InChI is InChI=1S/C29H31ClO4/c1-6-33-28(32)25(16-20-11-8-7-9-12-20)24-18-22(29(3,4)5)15-19(2)26(24)34-27(31)21-13-10-14-23(30)17-21/h7-15,17-18,25H,6,16H2,1-5H3. The predicted octanol–water partition coefficient (Wildman–Crippen LogP) is 7.05. The Kier molecular flexibility index (Phi) is 8.16. The third kappa shape index (κ3) is 6.27. The lowest BCUT2D eigenvalue weighted by Crippen LogP contribution is -2.22. The summed E-state index contributed by atoms with van der Waals surface area (Å²) in [6, 6.07) is 20.4. The molecule has 3 rings (SSSR count). The molecule has 0 saturated carbocycles. The maximum absolute atomic E-state index is 13.2. The van der Waals surface area contributed by atoms with E-state index in [0.717, 1.165) is 16.7 Å². The van der Waals surface area contributed by atoms with E-state index < -0.39 is 11.9 Å². The molecule has 34 heavy (non-hydrogen) atoms. The molecular weight excluding hydrogens is 448 g/mol. The van der Waals surface area contributed by atoms with Crippen molar-refractivity contribution in [3.05, 3.63) is 99.6 Å². The Morgan fingerprint density at radius 1 is 0.971 bits per heavy atom. The number of hydrogen-bond acceptors (Lipinski definition) is 4. The van der Waals surface area contributed by atoms with Gasteiger partial charge in [-0.3, -0.25) is 4.79 Å². The lowest BCUT2D eigenvalue weighted by Gasteiger charge is -2.26. The number of aryl methyl sites for hydroxylation is 1. The second kappa shape index (κ2) is 10.9. The number of carbonyl (C=O) groups is 2. The van der Waals surface area contributed by atoms with Gasteiger partial charge < -0.3 is 9.47 Å². The Hall–Kier alpha value is -3.11. The Morgan fingerprint density at radius 2 is 1.68 bits per heavy atom. The average molecular weight is 479 g/mol. The van der Waals surface area contributed by atoms with Crippen molar-refractivity contribution >= 4 is 23.5 Å². The van der Waals surface area contributed by atoms with Crippen LogP contribution >= 0.6 is 11.6 Å². The molecule has 0 aromatic heterocycles. The van der Waals surface area contributed by atoms with Crippen LogP contribution < -0.4 is 4.74 Å². The fourth-order valence-corrected chi connectivity index (χ4v) is 4.00. The first-order valence-corrected chi connectivity index (χ1v) is 11.8. The van der Waals surface area contributed by atoms with Crippen LogP contribution in [0.25, 0.3) is 0 Å². The van der Waals surface area contributed by atoms with Gasteiger partial charge in [0.05, 0.1) is 18.1 Å². The minimum absolute atomic E-state index is 0.166. The van der Waals surface area contributed by atoms with Crippen LogP contribution in [0.1, 0.15) is 66.2 Å². The molecule has 0 amide bonds. The van der Waals surface area contributed by atoms with Gasteiger partial charge in [-0.25, -0.2) is 4.79 Å². The van der Waals surface area contributed by atoms with Crippen molar-refractivity contribution in [3.63, 3.8) is 0 Å². The van der Waals surface area contributed by atoms with Gasteiger partial charge in [-0.2, -0.15) is 0 Å². The third-order valence-electron chi connectivity index (χ3n) is 5.65. The molecule has 0 spiro atoms. The number of ether oxygens (including phenoxy) is 2. The summed E-state index contributed by atoms with van der Waals surface area (Å²) >= 11 is 6.07. The maximum atomic E-state index is 13.2. The first-order valence-electron chi connectivity index (χ1n) is 11.4.